The van der Waals surface area contributed by atoms with E-state index < -0.39 is 0 Å². The zero-order valence-electron chi connectivity index (χ0n) is 14.7. The van der Waals surface area contributed by atoms with Gasteiger partial charge in [-0.05, 0) is 77.2 Å². The normalized spacial score (nSPS) is 26.9. The summed E-state index contributed by atoms with van der Waals surface area (Å²) in [6, 6.07) is 0.976. The van der Waals surface area contributed by atoms with E-state index in [-0.39, 0.29) is 0 Å². The van der Waals surface area contributed by atoms with Gasteiger partial charge >= 0.3 is 0 Å². The average molecular weight is 283 g/mol. The molecule has 3 aliphatic rings. The fraction of sp³-hybridized carbons (Fsp3) is 1.00. The zero-order valence-corrected chi connectivity index (χ0v) is 14.7. The van der Waals surface area contributed by atoms with Gasteiger partial charge in [-0.1, -0.05) is 34.1 Å². The molecule has 0 aromatic heterocycles. The van der Waals surface area contributed by atoms with Crippen molar-refractivity contribution in [2.75, 3.05) is 33.2 Å². The SMILES string of the molecule is CC.CC.CN1CCC2(CC1)CCN(C1CCC1)CC2. The fourth-order valence-electron chi connectivity index (χ4n) is 3.71. The Morgan fingerprint density at radius 2 is 1.20 bits per heavy atom. The minimum Gasteiger partial charge on any atom is -0.306 e. The summed E-state index contributed by atoms with van der Waals surface area (Å²) in [5.41, 5.74) is 0.743. The van der Waals surface area contributed by atoms with Gasteiger partial charge in [-0.15, -0.1) is 0 Å². The molecule has 3 fully saturated rings. The summed E-state index contributed by atoms with van der Waals surface area (Å²) in [7, 11) is 2.27. The van der Waals surface area contributed by atoms with Crippen LogP contribution in [-0.4, -0.2) is 49.1 Å². The van der Waals surface area contributed by atoms with E-state index in [4.69, 9.17) is 0 Å². The third-order valence-corrected chi connectivity index (χ3v) is 5.50. The number of rotatable bonds is 1. The lowest BCUT2D eigenvalue weighted by Crippen LogP contribution is -2.50. The maximum absolute atomic E-state index is 2.78. The van der Waals surface area contributed by atoms with Gasteiger partial charge in [0.05, 0.1) is 0 Å². The van der Waals surface area contributed by atoms with Gasteiger partial charge in [0.25, 0.3) is 0 Å². The molecule has 1 saturated carbocycles. The summed E-state index contributed by atoms with van der Waals surface area (Å²) in [6.45, 7) is 13.5. The molecule has 2 heteroatoms. The maximum atomic E-state index is 2.78. The molecule has 20 heavy (non-hydrogen) atoms. The van der Waals surface area contributed by atoms with Crippen molar-refractivity contribution in [3.05, 3.63) is 0 Å². The van der Waals surface area contributed by atoms with E-state index in [9.17, 15) is 0 Å². The van der Waals surface area contributed by atoms with Crippen molar-refractivity contribution in [2.24, 2.45) is 5.41 Å². The molecule has 2 heterocycles. The highest BCUT2D eigenvalue weighted by Crippen LogP contribution is 2.42. The molecule has 0 atom stereocenters. The van der Waals surface area contributed by atoms with Crippen molar-refractivity contribution >= 4 is 0 Å². The van der Waals surface area contributed by atoms with E-state index in [1.54, 1.807) is 0 Å². The predicted molar refractivity (Wildman–Crippen MR) is 90.3 cm³/mol. The lowest BCUT2D eigenvalue weighted by Gasteiger charge is -2.49. The minimum absolute atomic E-state index is 0.743. The molecule has 120 valence electrons. The molecular formula is C18H38N2. The Labute approximate surface area is 127 Å². The highest BCUT2D eigenvalue weighted by Gasteiger charge is 2.38. The van der Waals surface area contributed by atoms with Crippen LogP contribution in [0.2, 0.25) is 0 Å². The first-order chi connectivity index (χ1) is 9.77. The van der Waals surface area contributed by atoms with Crippen LogP contribution in [0.25, 0.3) is 0 Å². The maximum Gasteiger partial charge on any atom is 0.00952 e. The molecule has 3 rings (SSSR count). The van der Waals surface area contributed by atoms with Gasteiger partial charge in [0.15, 0.2) is 0 Å². The highest BCUT2D eigenvalue weighted by atomic mass is 15.2. The quantitative estimate of drug-likeness (QED) is 0.703. The van der Waals surface area contributed by atoms with Crippen LogP contribution in [0.3, 0.4) is 0 Å². The second-order valence-electron chi connectivity index (χ2n) is 6.42. The molecule has 0 amide bonds. The Bertz CT molecular complexity index is 230. The topological polar surface area (TPSA) is 6.48 Å². The number of hydrogen-bond donors (Lipinski definition) is 0. The molecule has 0 unspecified atom stereocenters. The number of hydrogen-bond acceptors (Lipinski definition) is 2. The molecule has 1 spiro atoms. The zero-order chi connectivity index (χ0) is 15.0. The number of piperidine rings is 2. The van der Waals surface area contributed by atoms with Crippen molar-refractivity contribution in [3.8, 4) is 0 Å². The van der Waals surface area contributed by atoms with Crippen molar-refractivity contribution in [1.29, 1.82) is 0 Å². The van der Waals surface area contributed by atoms with Gasteiger partial charge in [-0.2, -0.15) is 0 Å². The summed E-state index contributed by atoms with van der Waals surface area (Å²) >= 11 is 0. The summed E-state index contributed by atoms with van der Waals surface area (Å²) < 4.78 is 0. The second-order valence-corrected chi connectivity index (χ2v) is 6.42. The van der Waals surface area contributed by atoms with Crippen LogP contribution in [0, 0.1) is 5.41 Å². The van der Waals surface area contributed by atoms with E-state index in [0.717, 1.165) is 11.5 Å². The molecular weight excluding hydrogens is 244 g/mol. The smallest absolute Gasteiger partial charge is 0.00952 e. The van der Waals surface area contributed by atoms with Gasteiger partial charge < -0.3 is 9.80 Å². The highest BCUT2D eigenvalue weighted by molar-refractivity contribution is 4.92. The van der Waals surface area contributed by atoms with Gasteiger partial charge in [-0.25, -0.2) is 0 Å². The Balaban J connectivity index is 0.000000461. The van der Waals surface area contributed by atoms with Gasteiger partial charge in [0.1, 0.15) is 0 Å². The standard InChI is InChI=1S/C14H26N2.2C2H6/c1-15-9-5-14(6-10-15)7-11-16(12-8-14)13-3-2-4-13;2*1-2/h13H,2-12H2,1H3;2*1-2H3. The van der Waals surface area contributed by atoms with Crippen LogP contribution in [0.4, 0.5) is 0 Å². The van der Waals surface area contributed by atoms with E-state index in [1.165, 1.54) is 71.1 Å². The van der Waals surface area contributed by atoms with E-state index in [0.29, 0.717) is 0 Å². The Hall–Kier alpha value is -0.0800. The Morgan fingerprint density at radius 1 is 0.750 bits per heavy atom. The number of nitrogens with zero attached hydrogens (tertiary/aromatic N) is 2. The van der Waals surface area contributed by atoms with Gasteiger partial charge in [0.2, 0.25) is 0 Å². The van der Waals surface area contributed by atoms with Crippen LogP contribution in [0.1, 0.15) is 72.6 Å². The van der Waals surface area contributed by atoms with Gasteiger partial charge in [-0.3, -0.25) is 0 Å². The van der Waals surface area contributed by atoms with E-state index in [1.807, 2.05) is 27.7 Å². The van der Waals surface area contributed by atoms with Crippen molar-refractivity contribution in [3.63, 3.8) is 0 Å². The first kappa shape index (κ1) is 18.0. The number of likely N-dealkylation sites (tertiary alicyclic amines) is 2. The molecule has 1 aliphatic carbocycles. The first-order valence-electron chi connectivity index (χ1n) is 9.20. The lowest BCUT2D eigenvalue weighted by atomic mass is 9.70. The Kier molecular flexibility index (Phi) is 8.13. The van der Waals surface area contributed by atoms with Crippen LogP contribution >= 0.6 is 0 Å². The molecule has 0 bridgehead atoms. The second kappa shape index (κ2) is 9.04. The first-order valence-corrected chi connectivity index (χ1v) is 9.20. The van der Waals surface area contributed by atoms with Crippen molar-refractivity contribution in [2.45, 2.75) is 78.7 Å². The lowest BCUT2D eigenvalue weighted by molar-refractivity contribution is 0.00979. The third-order valence-electron chi connectivity index (χ3n) is 5.50. The monoisotopic (exact) mass is 282 g/mol. The Morgan fingerprint density at radius 3 is 1.60 bits per heavy atom. The van der Waals surface area contributed by atoms with Crippen LogP contribution in [-0.2, 0) is 0 Å². The largest absolute Gasteiger partial charge is 0.306 e. The van der Waals surface area contributed by atoms with Crippen molar-refractivity contribution < 1.29 is 0 Å². The molecule has 2 saturated heterocycles. The fourth-order valence-corrected chi connectivity index (χ4v) is 3.71. The molecule has 2 nitrogen and oxygen atoms in total. The summed E-state index contributed by atoms with van der Waals surface area (Å²) in [6.07, 6.45) is 10.3. The average Bonchev–Trinajstić information content (AvgIpc) is 2.47. The summed E-state index contributed by atoms with van der Waals surface area (Å²) in [4.78, 5) is 5.29. The summed E-state index contributed by atoms with van der Waals surface area (Å²) in [5, 5.41) is 0. The minimum atomic E-state index is 0.743. The van der Waals surface area contributed by atoms with Crippen molar-refractivity contribution in [1.82, 2.24) is 9.80 Å². The molecule has 0 N–H and O–H groups in total. The molecule has 0 aromatic carbocycles. The van der Waals surface area contributed by atoms with Gasteiger partial charge in [0, 0.05) is 6.04 Å². The van der Waals surface area contributed by atoms with E-state index in [2.05, 4.69) is 16.8 Å². The predicted octanol–water partition coefficient (Wildman–Crippen LogP) is 4.40. The third kappa shape index (κ3) is 4.46. The molecule has 0 aromatic rings. The van der Waals surface area contributed by atoms with E-state index >= 15 is 0 Å². The van der Waals surface area contributed by atoms with Crippen LogP contribution in [0.5, 0.6) is 0 Å². The summed E-state index contributed by atoms with van der Waals surface area (Å²) in [5.74, 6) is 0. The molecule has 0 radical (unpaired) electrons. The van der Waals surface area contributed by atoms with Crippen LogP contribution in [0.15, 0.2) is 0 Å². The molecule has 2 aliphatic heterocycles. The van der Waals surface area contributed by atoms with Crippen LogP contribution < -0.4 is 0 Å².